The fourth-order valence-electron chi connectivity index (χ4n) is 1.38. The van der Waals surface area contributed by atoms with Gasteiger partial charge in [0.1, 0.15) is 4.99 Å². The number of aryl methyl sites for hydroxylation is 1. The molecule has 0 aliphatic rings. The van der Waals surface area contributed by atoms with Crippen LogP contribution in [-0.4, -0.2) is 16.0 Å². The quantitative estimate of drug-likeness (QED) is 0.612. The minimum absolute atomic E-state index is 0.291. The zero-order valence-corrected chi connectivity index (χ0v) is 13.4. The normalized spacial score (nSPS) is 9.60. The van der Waals surface area contributed by atoms with E-state index in [1.165, 1.54) is 5.06 Å². The Labute approximate surface area is 127 Å². The lowest BCUT2D eigenvalue weighted by molar-refractivity contribution is -0.165. The fourth-order valence-corrected chi connectivity index (χ4v) is 1.48. The Hall–Kier alpha value is -1.68. The van der Waals surface area contributed by atoms with Crippen molar-refractivity contribution in [1.82, 2.24) is 5.06 Å². The number of hydroxylamine groups is 2. The number of nitrogens with zero attached hydrogens (tertiary/aromatic N) is 1. The molecule has 0 bridgehead atoms. The van der Waals surface area contributed by atoms with Crippen molar-refractivity contribution in [2.24, 2.45) is 0 Å². The summed E-state index contributed by atoms with van der Waals surface area (Å²) in [6.07, 6.45) is 4.39. The van der Waals surface area contributed by atoms with Gasteiger partial charge in [-0.15, -0.1) is 0 Å². The predicted octanol–water partition coefficient (Wildman–Crippen LogP) is 4.29. The second-order valence-electron chi connectivity index (χ2n) is 3.78. The van der Waals surface area contributed by atoms with Crippen molar-refractivity contribution in [3.8, 4) is 0 Å². The number of hydrogen-bond acceptors (Lipinski definition) is 3. The van der Waals surface area contributed by atoms with Crippen LogP contribution in [0.2, 0.25) is 0 Å². The van der Waals surface area contributed by atoms with E-state index in [-0.39, 0.29) is 5.97 Å². The van der Waals surface area contributed by atoms with Crippen molar-refractivity contribution < 1.29 is 9.63 Å². The number of carbonyl (C=O) groups excluding carboxylic acids is 1. The van der Waals surface area contributed by atoms with Crippen molar-refractivity contribution >= 4 is 23.2 Å². The molecule has 0 spiro atoms. The topological polar surface area (TPSA) is 29.5 Å². The summed E-state index contributed by atoms with van der Waals surface area (Å²) < 4.78 is 0. The number of allylic oxidation sites excluding steroid dienone is 1. The average Bonchev–Trinajstić information content (AvgIpc) is 2.48. The SMILES string of the molecule is C/C=C\N(OC(=O)CCc1ccccc1)C(C)=S.CC. The highest BCUT2D eigenvalue weighted by molar-refractivity contribution is 7.80. The molecule has 0 saturated heterocycles. The third-order valence-electron chi connectivity index (χ3n) is 2.26. The van der Waals surface area contributed by atoms with Gasteiger partial charge in [0.25, 0.3) is 0 Å². The molecule has 110 valence electrons. The van der Waals surface area contributed by atoms with E-state index in [4.69, 9.17) is 17.1 Å². The van der Waals surface area contributed by atoms with Gasteiger partial charge in [-0.1, -0.05) is 62.5 Å². The van der Waals surface area contributed by atoms with E-state index < -0.39 is 0 Å². The molecule has 3 nitrogen and oxygen atoms in total. The highest BCUT2D eigenvalue weighted by atomic mass is 32.1. The van der Waals surface area contributed by atoms with E-state index in [2.05, 4.69) is 0 Å². The van der Waals surface area contributed by atoms with Crippen LogP contribution in [0.15, 0.2) is 42.6 Å². The van der Waals surface area contributed by atoms with E-state index in [1.807, 2.05) is 51.1 Å². The average molecular weight is 293 g/mol. The van der Waals surface area contributed by atoms with Gasteiger partial charge in [0.05, 0.1) is 6.42 Å². The second-order valence-corrected chi connectivity index (χ2v) is 4.37. The molecule has 0 radical (unpaired) electrons. The lowest BCUT2D eigenvalue weighted by Gasteiger charge is -2.17. The largest absolute Gasteiger partial charge is 0.336 e. The van der Waals surface area contributed by atoms with Gasteiger partial charge in [0, 0.05) is 6.20 Å². The van der Waals surface area contributed by atoms with Crippen molar-refractivity contribution in [1.29, 1.82) is 0 Å². The zero-order chi connectivity index (χ0) is 15.4. The Morgan fingerprint density at radius 3 is 2.40 bits per heavy atom. The van der Waals surface area contributed by atoms with Gasteiger partial charge in [0.2, 0.25) is 0 Å². The summed E-state index contributed by atoms with van der Waals surface area (Å²) in [5.41, 5.74) is 1.12. The van der Waals surface area contributed by atoms with Crippen LogP contribution < -0.4 is 0 Å². The molecular weight excluding hydrogens is 270 g/mol. The third kappa shape index (κ3) is 7.69. The van der Waals surface area contributed by atoms with Gasteiger partial charge >= 0.3 is 5.97 Å². The summed E-state index contributed by atoms with van der Waals surface area (Å²) in [5, 5.41) is 1.31. The molecule has 1 aromatic rings. The molecule has 0 amide bonds. The maximum atomic E-state index is 11.6. The molecule has 0 fully saturated rings. The standard InChI is InChI=1S/C14H17NO2S.C2H6/c1-3-11-15(12(2)18)17-14(16)10-9-13-7-5-4-6-8-13;1-2/h3-8,11H,9-10H2,1-2H3;1-2H3/b11-3-;. The summed E-state index contributed by atoms with van der Waals surface area (Å²) >= 11 is 4.98. The lowest BCUT2D eigenvalue weighted by Crippen LogP contribution is -2.25. The number of benzene rings is 1. The Bertz CT molecular complexity index is 429. The second kappa shape index (κ2) is 11.2. The summed E-state index contributed by atoms with van der Waals surface area (Å²) in [5.74, 6) is -0.291. The maximum Gasteiger partial charge on any atom is 0.333 e. The minimum atomic E-state index is -0.291. The van der Waals surface area contributed by atoms with Gasteiger partial charge in [-0.2, -0.15) is 5.06 Å². The Morgan fingerprint density at radius 1 is 1.30 bits per heavy atom. The van der Waals surface area contributed by atoms with Crippen LogP contribution >= 0.6 is 12.2 Å². The highest BCUT2D eigenvalue weighted by Gasteiger charge is 2.09. The molecule has 0 saturated carbocycles. The molecule has 0 aliphatic heterocycles. The van der Waals surface area contributed by atoms with Crippen LogP contribution in [0, 0.1) is 0 Å². The first-order valence-corrected chi connectivity index (χ1v) is 7.21. The van der Waals surface area contributed by atoms with Crippen molar-refractivity contribution in [2.75, 3.05) is 0 Å². The van der Waals surface area contributed by atoms with Crippen molar-refractivity contribution in [3.63, 3.8) is 0 Å². The Kier molecular flexibility index (Phi) is 10.2. The van der Waals surface area contributed by atoms with Gasteiger partial charge in [-0.05, 0) is 25.8 Å². The van der Waals surface area contributed by atoms with Crippen LogP contribution in [-0.2, 0) is 16.1 Å². The van der Waals surface area contributed by atoms with Crippen molar-refractivity contribution in [2.45, 2.75) is 40.5 Å². The molecule has 0 N–H and O–H groups in total. The van der Waals surface area contributed by atoms with E-state index in [0.29, 0.717) is 17.8 Å². The lowest BCUT2D eigenvalue weighted by atomic mass is 10.1. The molecule has 0 aliphatic carbocycles. The molecule has 0 heterocycles. The van der Waals surface area contributed by atoms with E-state index in [9.17, 15) is 4.79 Å². The summed E-state index contributed by atoms with van der Waals surface area (Å²) in [6.45, 7) is 7.54. The van der Waals surface area contributed by atoms with Crippen molar-refractivity contribution in [3.05, 3.63) is 48.2 Å². The third-order valence-corrected chi connectivity index (χ3v) is 2.44. The zero-order valence-electron chi connectivity index (χ0n) is 12.6. The van der Waals surface area contributed by atoms with Crippen LogP contribution in [0.3, 0.4) is 0 Å². The van der Waals surface area contributed by atoms with Gasteiger partial charge in [0.15, 0.2) is 0 Å². The summed E-state index contributed by atoms with van der Waals surface area (Å²) in [4.78, 5) is 17.3. The first kappa shape index (κ1) is 18.3. The summed E-state index contributed by atoms with van der Waals surface area (Å²) in [7, 11) is 0. The molecule has 0 atom stereocenters. The Morgan fingerprint density at radius 2 is 1.90 bits per heavy atom. The van der Waals surface area contributed by atoms with Gasteiger partial charge < -0.3 is 4.84 Å². The van der Waals surface area contributed by atoms with E-state index in [1.54, 1.807) is 19.2 Å². The number of thiocarbonyl (C=S) groups is 1. The first-order chi connectivity index (χ1) is 9.63. The molecule has 1 aromatic carbocycles. The highest BCUT2D eigenvalue weighted by Crippen LogP contribution is 2.05. The smallest absolute Gasteiger partial charge is 0.333 e. The molecular formula is C16H23NO2S. The van der Waals surface area contributed by atoms with Crippen LogP contribution in [0.5, 0.6) is 0 Å². The van der Waals surface area contributed by atoms with E-state index >= 15 is 0 Å². The number of hydrogen-bond donors (Lipinski definition) is 0. The van der Waals surface area contributed by atoms with Crippen LogP contribution in [0.4, 0.5) is 0 Å². The predicted molar refractivity (Wildman–Crippen MR) is 87.1 cm³/mol. The molecule has 20 heavy (non-hydrogen) atoms. The summed E-state index contributed by atoms with van der Waals surface area (Å²) in [6, 6.07) is 9.83. The monoisotopic (exact) mass is 293 g/mol. The number of rotatable bonds is 4. The molecule has 1 rings (SSSR count). The van der Waals surface area contributed by atoms with Gasteiger partial charge in [-0.3, -0.25) is 0 Å². The fraction of sp³-hybridized carbons (Fsp3) is 0.375. The molecule has 0 aromatic heterocycles. The first-order valence-electron chi connectivity index (χ1n) is 6.81. The maximum absolute atomic E-state index is 11.6. The molecule has 4 heteroatoms. The Balaban J connectivity index is 0.00000172. The van der Waals surface area contributed by atoms with Crippen LogP contribution in [0.1, 0.15) is 39.7 Å². The minimum Gasteiger partial charge on any atom is -0.336 e. The number of carbonyl (C=O) groups is 1. The molecule has 0 unspecified atom stereocenters. The van der Waals surface area contributed by atoms with E-state index in [0.717, 1.165) is 5.56 Å². The van der Waals surface area contributed by atoms with Gasteiger partial charge in [-0.25, -0.2) is 4.79 Å². The van der Waals surface area contributed by atoms with Crippen LogP contribution in [0.25, 0.3) is 0 Å².